The molecule has 0 aliphatic heterocycles. The van der Waals surface area contributed by atoms with Gasteiger partial charge in [-0.1, -0.05) is 0 Å². The Balaban J connectivity index is 2.24. The zero-order valence-corrected chi connectivity index (χ0v) is 12.9. The van der Waals surface area contributed by atoms with Gasteiger partial charge in [0.15, 0.2) is 0 Å². The molecule has 20 heavy (non-hydrogen) atoms. The number of nitrogens with one attached hydrogen (secondary N) is 1. The lowest BCUT2D eigenvalue weighted by molar-refractivity contribution is 0.181. The van der Waals surface area contributed by atoms with Crippen molar-refractivity contribution < 1.29 is 9.47 Å². The SMILES string of the molecule is CCOc1ccc(-c2nc(COC)c(CNC)s2)cc1. The van der Waals surface area contributed by atoms with Gasteiger partial charge < -0.3 is 14.8 Å². The van der Waals surface area contributed by atoms with E-state index in [2.05, 4.69) is 10.3 Å². The highest BCUT2D eigenvalue weighted by Gasteiger charge is 2.12. The summed E-state index contributed by atoms with van der Waals surface area (Å²) < 4.78 is 10.7. The molecule has 0 amide bonds. The molecular weight excluding hydrogens is 272 g/mol. The van der Waals surface area contributed by atoms with E-state index in [4.69, 9.17) is 9.47 Å². The fourth-order valence-electron chi connectivity index (χ4n) is 1.92. The number of ether oxygens (including phenoxy) is 2. The van der Waals surface area contributed by atoms with Crippen molar-refractivity contribution in [2.75, 3.05) is 20.8 Å². The van der Waals surface area contributed by atoms with Crippen LogP contribution >= 0.6 is 11.3 Å². The minimum Gasteiger partial charge on any atom is -0.494 e. The minimum absolute atomic E-state index is 0.546. The third-order valence-corrected chi connectivity index (χ3v) is 3.96. The first-order valence-electron chi connectivity index (χ1n) is 6.63. The van der Waals surface area contributed by atoms with Gasteiger partial charge in [0, 0.05) is 24.1 Å². The van der Waals surface area contributed by atoms with E-state index < -0.39 is 0 Å². The Morgan fingerprint density at radius 2 is 2.00 bits per heavy atom. The molecule has 0 radical (unpaired) electrons. The molecule has 5 heteroatoms. The Labute approximate surface area is 123 Å². The van der Waals surface area contributed by atoms with Crippen molar-refractivity contribution in [3.8, 4) is 16.3 Å². The van der Waals surface area contributed by atoms with Gasteiger partial charge in [0.1, 0.15) is 10.8 Å². The van der Waals surface area contributed by atoms with Crippen molar-refractivity contribution in [1.82, 2.24) is 10.3 Å². The highest BCUT2D eigenvalue weighted by atomic mass is 32.1. The van der Waals surface area contributed by atoms with Crippen LogP contribution in [0.5, 0.6) is 5.75 Å². The molecule has 2 aromatic rings. The number of aromatic nitrogens is 1. The van der Waals surface area contributed by atoms with Crippen LogP contribution in [-0.4, -0.2) is 25.7 Å². The van der Waals surface area contributed by atoms with Crippen molar-refractivity contribution in [2.45, 2.75) is 20.1 Å². The number of hydrogen-bond donors (Lipinski definition) is 1. The lowest BCUT2D eigenvalue weighted by atomic mass is 10.2. The second kappa shape index (κ2) is 7.38. The van der Waals surface area contributed by atoms with E-state index in [1.165, 1.54) is 4.88 Å². The fraction of sp³-hybridized carbons (Fsp3) is 0.400. The average molecular weight is 292 g/mol. The van der Waals surface area contributed by atoms with E-state index in [1.807, 2.05) is 38.2 Å². The maximum absolute atomic E-state index is 5.46. The largest absolute Gasteiger partial charge is 0.494 e. The van der Waals surface area contributed by atoms with Gasteiger partial charge in [-0.25, -0.2) is 4.98 Å². The first-order valence-corrected chi connectivity index (χ1v) is 7.45. The molecule has 1 N–H and O–H groups in total. The van der Waals surface area contributed by atoms with Gasteiger partial charge in [0.2, 0.25) is 0 Å². The standard InChI is InChI=1S/C15H20N2O2S/c1-4-19-12-7-5-11(6-8-12)15-17-13(10-18-3)14(20-15)9-16-2/h5-8,16H,4,9-10H2,1-3H3. The van der Waals surface area contributed by atoms with Crippen LogP contribution in [0.4, 0.5) is 0 Å². The Hall–Kier alpha value is -1.43. The molecule has 1 heterocycles. The predicted molar refractivity (Wildman–Crippen MR) is 82.2 cm³/mol. The smallest absolute Gasteiger partial charge is 0.124 e. The van der Waals surface area contributed by atoms with E-state index in [-0.39, 0.29) is 0 Å². The van der Waals surface area contributed by atoms with Gasteiger partial charge >= 0.3 is 0 Å². The zero-order chi connectivity index (χ0) is 14.4. The van der Waals surface area contributed by atoms with Gasteiger partial charge in [0.25, 0.3) is 0 Å². The maximum Gasteiger partial charge on any atom is 0.124 e. The lowest BCUT2D eigenvalue weighted by Crippen LogP contribution is -2.06. The molecular formula is C15H20N2O2S. The Kier molecular flexibility index (Phi) is 5.52. The van der Waals surface area contributed by atoms with Crippen LogP contribution in [0.1, 0.15) is 17.5 Å². The molecule has 1 aromatic heterocycles. The molecule has 2 rings (SSSR count). The number of benzene rings is 1. The Bertz CT molecular complexity index is 514. The topological polar surface area (TPSA) is 43.4 Å². The van der Waals surface area contributed by atoms with Crippen molar-refractivity contribution in [2.24, 2.45) is 0 Å². The zero-order valence-electron chi connectivity index (χ0n) is 12.1. The monoisotopic (exact) mass is 292 g/mol. The summed E-state index contributed by atoms with van der Waals surface area (Å²) in [5.74, 6) is 0.889. The van der Waals surface area contributed by atoms with Crippen LogP contribution in [0.2, 0.25) is 0 Å². The van der Waals surface area contributed by atoms with E-state index >= 15 is 0 Å². The number of hydrogen-bond acceptors (Lipinski definition) is 5. The highest BCUT2D eigenvalue weighted by Crippen LogP contribution is 2.29. The summed E-state index contributed by atoms with van der Waals surface area (Å²) >= 11 is 1.70. The van der Waals surface area contributed by atoms with Crippen LogP contribution in [0.15, 0.2) is 24.3 Å². The Morgan fingerprint density at radius 3 is 2.60 bits per heavy atom. The molecule has 4 nitrogen and oxygen atoms in total. The molecule has 0 aliphatic carbocycles. The maximum atomic E-state index is 5.46. The Morgan fingerprint density at radius 1 is 1.25 bits per heavy atom. The summed E-state index contributed by atoms with van der Waals surface area (Å²) in [5, 5.41) is 4.19. The van der Waals surface area contributed by atoms with E-state index in [0.29, 0.717) is 13.2 Å². The van der Waals surface area contributed by atoms with Crippen LogP contribution in [0.3, 0.4) is 0 Å². The molecule has 0 saturated heterocycles. The average Bonchev–Trinajstić information content (AvgIpc) is 2.84. The normalized spacial score (nSPS) is 10.8. The van der Waals surface area contributed by atoms with Gasteiger partial charge in [-0.05, 0) is 38.2 Å². The first-order chi connectivity index (χ1) is 9.78. The van der Waals surface area contributed by atoms with Crippen LogP contribution < -0.4 is 10.1 Å². The number of nitrogens with zero attached hydrogens (tertiary/aromatic N) is 1. The molecule has 108 valence electrons. The van der Waals surface area contributed by atoms with Crippen molar-refractivity contribution >= 4 is 11.3 Å². The number of methoxy groups -OCH3 is 1. The van der Waals surface area contributed by atoms with Crippen LogP contribution in [0, 0.1) is 0 Å². The quantitative estimate of drug-likeness (QED) is 0.851. The van der Waals surface area contributed by atoms with Crippen LogP contribution in [-0.2, 0) is 17.9 Å². The summed E-state index contributed by atoms with van der Waals surface area (Å²) in [6.07, 6.45) is 0. The first kappa shape index (κ1) is 15.0. The highest BCUT2D eigenvalue weighted by molar-refractivity contribution is 7.15. The third-order valence-electron chi connectivity index (χ3n) is 2.81. The van der Waals surface area contributed by atoms with Gasteiger partial charge in [-0.2, -0.15) is 0 Å². The molecule has 0 saturated carbocycles. The van der Waals surface area contributed by atoms with Crippen LogP contribution in [0.25, 0.3) is 10.6 Å². The summed E-state index contributed by atoms with van der Waals surface area (Å²) in [5.41, 5.74) is 2.12. The van der Waals surface area contributed by atoms with E-state index in [1.54, 1.807) is 18.4 Å². The van der Waals surface area contributed by atoms with Gasteiger partial charge in [-0.3, -0.25) is 0 Å². The molecule has 0 spiro atoms. The van der Waals surface area contributed by atoms with E-state index in [9.17, 15) is 0 Å². The fourth-order valence-corrected chi connectivity index (χ4v) is 3.00. The molecule has 0 aliphatic rings. The molecule has 0 bridgehead atoms. The van der Waals surface area contributed by atoms with Gasteiger partial charge in [0.05, 0.1) is 18.9 Å². The van der Waals surface area contributed by atoms with Crippen molar-refractivity contribution in [1.29, 1.82) is 0 Å². The minimum atomic E-state index is 0.546. The summed E-state index contributed by atoms with van der Waals surface area (Å²) in [6.45, 7) is 4.02. The number of rotatable bonds is 7. The van der Waals surface area contributed by atoms with Crippen molar-refractivity contribution in [3.05, 3.63) is 34.8 Å². The summed E-state index contributed by atoms with van der Waals surface area (Å²) in [7, 11) is 3.63. The molecule has 1 aromatic carbocycles. The second-order valence-electron chi connectivity index (χ2n) is 4.31. The lowest BCUT2D eigenvalue weighted by Gasteiger charge is -2.02. The van der Waals surface area contributed by atoms with Gasteiger partial charge in [-0.15, -0.1) is 11.3 Å². The van der Waals surface area contributed by atoms with E-state index in [0.717, 1.165) is 28.6 Å². The second-order valence-corrected chi connectivity index (χ2v) is 5.39. The molecule has 0 fully saturated rings. The summed E-state index contributed by atoms with van der Waals surface area (Å²) in [4.78, 5) is 5.90. The molecule has 0 unspecified atom stereocenters. The predicted octanol–water partition coefficient (Wildman–Crippen LogP) is 3.07. The third kappa shape index (κ3) is 3.56. The summed E-state index contributed by atoms with van der Waals surface area (Å²) in [6, 6.07) is 8.05. The van der Waals surface area contributed by atoms with Crippen molar-refractivity contribution in [3.63, 3.8) is 0 Å². The molecule has 0 atom stereocenters. The number of thiazole rings is 1.